The van der Waals surface area contributed by atoms with Crippen molar-refractivity contribution in [3.8, 4) is 5.75 Å². The molecule has 0 saturated carbocycles. The number of hydrogen-bond donors (Lipinski definition) is 1. The van der Waals surface area contributed by atoms with Gasteiger partial charge in [-0.05, 0) is 44.2 Å². The van der Waals surface area contributed by atoms with Gasteiger partial charge in [-0.2, -0.15) is 0 Å². The summed E-state index contributed by atoms with van der Waals surface area (Å²) in [5.74, 6) is 0.0293. The average Bonchev–Trinajstić information content (AvgIpc) is 2.64. The molecule has 2 rings (SSSR count). The van der Waals surface area contributed by atoms with Gasteiger partial charge in [0.25, 0.3) is 11.8 Å². The van der Waals surface area contributed by atoms with Crippen LogP contribution in [0.25, 0.3) is 0 Å². The van der Waals surface area contributed by atoms with E-state index in [1.165, 1.54) is 0 Å². The fraction of sp³-hybridized carbons (Fsp3) is 0.263. The van der Waals surface area contributed by atoms with Crippen molar-refractivity contribution >= 4 is 40.7 Å². The van der Waals surface area contributed by atoms with E-state index in [1.807, 2.05) is 13.8 Å². The quantitative estimate of drug-likeness (QED) is 0.752. The normalized spacial score (nSPS) is 10.3. The molecule has 138 valence electrons. The monoisotopic (exact) mass is 394 g/mol. The lowest BCUT2D eigenvalue weighted by Gasteiger charge is -2.19. The molecule has 0 aliphatic rings. The van der Waals surface area contributed by atoms with Crippen LogP contribution >= 0.6 is 23.2 Å². The van der Waals surface area contributed by atoms with Crippen molar-refractivity contribution in [1.29, 1.82) is 0 Å². The molecule has 2 aromatic rings. The third kappa shape index (κ3) is 5.38. The number of carbonyl (C=O) groups is 2. The molecule has 0 heterocycles. The first kappa shape index (κ1) is 20.1. The molecule has 0 atom stereocenters. The lowest BCUT2D eigenvalue weighted by Crippen LogP contribution is -2.30. The molecular formula is C19H20Cl2N2O3. The molecule has 26 heavy (non-hydrogen) atoms. The van der Waals surface area contributed by atoms with E-state index in [-0.39, 0.29) is 18.4 Å². The van der Waals surface area contributed by atoms with Gasteiger partial charge < -0.3 is 15.0 Å². The molecule has 0 aliphatic carbocycles. The molecule has 0 saturated heterocycles. The molecule has 2 amide bonds. The molecule has 0 bridgehead atoms. The Kier molecular flexibility index (Phi) is 7.30. The van der Waals surface area contributed by atoms with Crippen molar-refractivity contribution < 1.29 is 14.3 Å². The first-order valence-corrected chi connectivity index (χ1v) is 8.97. The second-order valence-corrected chi connectivity index (χ2v) is 6.29. The Morgan fingerprint density at radius 1 is 1.04 bits per heavy atom. The SMILES string of the molecule is CCN(CC)C(=O)c1cccc(NC(=O)COc2ccc(Cl)c(Cl)c2)c1. The molecular weight excluding hydrogens is 375 g/mol. The number of ether oxygens (including phenoxy) is 1. The van der Waals surface area contributed by atoms with E-state index in [0.717, 1.165) is 0 Å². The lowest BCUT2D eigenvalue weighted by atomic mass is 10.1. The summed E-state index contributed by atoms with van der Waals surface area (Å²) < 4.78 is 5.40. The van der Waals surface area contributed by atoms with Gasteiger partial charge in [-0.3, -0.25) is 9.59 Å². The number of halogens is 2. The molecule has 5 nitrogen and oxygen atoms in total. The maximum absolute atomic E-state index is 12.4. The van der Waals surface area contributed by atoms with Gasteiger partial charge in [-0.1, -0.05) is 29.3 Å². The van der Waals surface area contributed by atoms with Crippen LogP contribution < -0.4 is 10.1 Å². The molecule has 0 aromatic heterocycles. The Morgan fingerprint density at radius 3 is 2.42 bits per heavy atom. The number of hydrogen-bond acceptors (Lipinski definition) is 3. The Hall–Kier alpha value is -2.24. The molecule has 0 radical (unpaired) electrons. The van der Waals surface area contributed by atoms with Gasteiger partial charge in [-0.15, -0.1) is 0 Å². The van der Waals surface area contributed by atoms with Crippen molar-refractivity contribution in [2.45, 2.75) is 13.8 Å². The fourth-order valence-corrected chi connectivity index (χ4v) is 2.62. The van der Waals surface area contributed by atoms with Crippen molar-refractivity contribution in [2.24, 2.45) is 0 Å². The van der Waals surface area contributed by atoms with Crippen molar-refractivity contribution in [1.82, 2.24) is 4.90 Å². The average molecular weight is 395 g/mol. The van der Waals surface area contributed by atoms with Crippen molar-refractivity contribution in [3.05, 3.63) is 58.1 Å². The summed E-state index contributed by atoms with van der Waals surface area (Å²) in [5.41, 5.74) is 1.06. The van der Waals surface area contributed by atoms with Crippen LogP contribution in [0, 0.1) is 0 Å². The first-order valence-electron chi connectivity index (χ1n) is 8.21. The molecule has 0 fully saturated rings. The number of amides is 2. The van der Waals surface area contributed by atoms with Crippen LogP contribution in [0.3, 0.4) is 0 Å². The van der Waals surface area contributed by atoms with E-state index in [1.54, 1.807) is 47.4 Å². The largest absolute Gasteiger partial charge is 0.484 e. The van der Waals surface area contributed by atoms with Gasteiger partial charge in [0.15, 0.2) is 6.61 Å². The van der Waals surface area contributed by atoms with E-state index < -0.39 is 0 Å². The van der Waals surface area contributed by atoms with Gasteiger partial charge in [0.2, 0.25) is 0 Å². The minimum Gasteiger partial charge on any atom is -0.484 e. The number of nitrogens with zero attached hydrogens (tertiary/aromatic N) is 1. The third-order valence-corrected chi connectivity index (χ3v) is 4.44. The van der Waals surface area contributed by atoms with Crippen molar-refractivity contribution in [2.75, 3.05) is 25.0 Å². The van der Waals surface area contributed by atoms with E-state index in [0.29, 0.717) is 40.1 Å². The highest BCUT2D eigenvalue weighted by Gasteiger charge is 2.13. The minimum absolute atomic E-state index is 0.0712. The summed E-state index contributed by atoms with van der Waals surface area (Å²) in [4.78, 5) is 26.2. The summed E-state index contributed by atoms with van der Waals surface area (Å²) in [6.07, 6.45) is 0. The van der Waals surface area contributed by atoms with Gasteiger partial charge in [0.1, 0.15) is 5.75 Å². The Bertz CT molecular complexity index is 792. The first-order chi connectivity index (χ1) is 12.4. The van der Waals surface area contributed by atoms with Crippen LogP contribution in [-0.4, -0.2) is 36.4 Å². The van der Waals surface area contributed by atoms with E-state index in [4.69, 9.17) is 27.9 Å². The van der Waals surface area contributed by atoms with Crippen molar-refractivity contribution in [3.63, 3.8) is 0 Å². The van der Waals surface area contributed by atoms with Crippen LogP contribution in [0.2, 0.25) is 10.0 Å². The second-order valence-electron chi connectivity index (χ2n) is 5.47. The molecule has 0 aliphatic heterocycles. The Labute approximate surface area is 162 Å². The Balaban J connectivity index is 1.97. The van der Waals surface area contributed by atoms with Gasteiger partial charge in [-0.25, -0.2) is 0 Å². The van der Waals surface area contributed by atoms with Gasteiger partial charge >= 0.3 is 0 Å². The fourth-order valence-electron chi connectivity index (χ4n) is 2.34. The molecule has 2 aromatic carbocycles. The standard InChI is InChI=1S/C19H20Cl2N2O3/c1-3-23(4-2)19(25)13-6-5-7-14(10-13)22-18(24)12-26-15-8-9-16(20)17(21)11-15/h5-11H,3-4,12H2,1-2H3,(H,22,24). The summed E-state index contributed by atoms with van der Waals surface area (Å²) in [6.45, 7) is 4.92. The van der Waals surface area contributed by atoms with Gasteiger partial charge in [0.05, 0.1) is 10.0 Å². The smallest absolute Gasteiger partial charge is 0.262 e. The lowest BCUT2D eigenvalue weighted by molar-refractivity contribution is -0.118. The van der Waals surface area contributed by atoms with Crippen LogP contribution in [0.4, 0.5) is 5.69 Å². The van der Waals surface area contributed by atoms with E-state index in [2.05, 4.69) is 5.32 Å². The maximum Gasteiger partial charge on any atom is 0.262 e. The summed E-state index contributed by atoms with van der Waals surface area (Å²) >= 11 is 11.7. The zero-order chi connectivity index (χ0) is 19.1. The number of rotatable bonds is 7. The van der Waals surface area contributed by atoms with E-state index >= 15 is 0 Å². The van der Waals surface area contributed by atoms with Crippen LogP contribution in [0.5, 0.6) is 5.75 Å². The number of anilines is 1. The summed E-state index contributed by atoms with van der Waals surface area (Å²) in [6, 6.07) is 11.6. The van der Waals surface area contributed by atoms with Crippen LogP contribution in [0.15, 0.2) is 42.5 Å². The Morgan fingerprint density at radius 2 is 1.77 bits per heavy atom. The number of nitrogens with one attached hydrogen (secondary N) is 1. The highest BCUT2D eigenvalue weighted by molar-refractivity contribution is 6.42. The minimum atomic E-state index is -0.344. The highest BCUT2D eigenvalue weighted by Crippen LogP contribution is 2.26. The predicted molar refractivity (Wildman–Crippen MR) is 104 cm³/mol. The van der Waals surface area contributed by atoms with Crippen LogP contribution in [0.1, 0.15) is 24.2 Å². The molecule has 0 unspecified atom stereocenters. The molecule has 1 N–H and O–H groups in total. The molecule has 0 spiro atoms. The molecule has 7 heteroatoms. The predicted octanol–water partition coefficient (Wildman–Crippen LogP) is 4.49. The summed E-state index contributed by atoms with van der Waals surface area (Å²) in [5, 5.41) is 3.48. The second kappa shape index (κ2) is 9.46. The third-order valence-electron chi connectivity index (χ3n) is 3.70. The number of carbonyl (C=O) groups excluding carboxylic acids is 2. The maximum atomic E-state index is 12.4. The zero-order valence-corrected chi connectivity index (χ0v) is 16.1. The van der Waals surface area contributed by atoms with Gasteiger partial charge in [0, 0.05) is 30.4 Å². The topological polar surface area (TPSA) is 58.6 Å². The number of benzene rings is 2. The van der Waals surface area contributed by atoms with Crippen LogP contribution in [-0.2, 0) is 4.79 Å². The van der Waals surface area contributed by atoms with E-state index in [9.17, 15) is 9.59 Å². The highest BCUT2D eigenvalue weighted by atomic mass is 35.5. The summed E-state index contributed by atoms with van der Waals surface area (Å²) in [7, 11) is 0. The zero-order valence-electron chi connectivity index (χ0n) is 14.6.